The van der Waals surface area contributed by atoms with E-state index in [4.69, 9.17) is 4.74 Å². The molecule has 1 saturated carbocycles. The lowest BCUT2D eigenvalue weighted by molar-refractivity contribution is -0.137. The fraction of sp³-hybridized carbons (Fsp3) is 0.367. The molecule has 8 nitrogen and oxygen atoms in total. The summed E-state index contributed by atoms with van der Waals surface area (Å²) in [5, 5.41) is 2.95. The van der Waals surface area contributed by atoms with Crippen molar-refractivity contribution in [1.82, 2.24) is 20.2 Å². The van der Waals surface area contributed by atoms with Crippen molar-refractivity contribution in [2.24, 2.45) is 10.9 Å². The first-order valence-corrected chi connectivity index (χ1v) is 13.4. The molecule has 3 aromatic rings. The molecule has 2 amide bonds. The molecule has 1 N–H and O–H groups in total. The number of rotatable bonds is 10. The zero-order valence-electron chi connectivity index (χ0n) is 21.7. The minimum Gasteiger partial charge on any atom is -0.378 e. The number of morpholine rings is 1. The molecule has 2 aliphatic rings. The number of hydrogen-bond acceptors (Lipinski definition) is 6. The number of aromatic nitrogens is 2. The fourth-order valence-electron chi connectivity index (χ4n) is 4.79. The van der Waals surface area contributed by atoms with Crippen molar-refractivity contribution in [2.45, 2.75) is 31.2 Å². The summed E-state index contributed by atoms with van der Waals surface area (Å²) in [6.07, 6.45) is 7.48. The Morgan fingerprint density at radius 2 is 1.79 bits per heavy atom. The maximum atomic E-state index is 13.3. The van der Waals surface area contributed by atoms with Crippen molar-refractivity contribution in [1.29, 1.82) is 0 Å². The van der Waals surface area contributed by atoms with E-state index in [1.807, 2.05) is 18.3 Å². The van der Waals surface area contributed by atoms with Gasteiger partial charge in [0, 0.05) is 55.3 Å². The topological polar surface area (TPSA) is 96.8 Å². The molecule has 1 aliphatic carbocycles. The summed E-state index contributed by atoms with van der Waals surface area (Å²) >= 11 is 0. The summed E-state index contributed by atoms with van der Waals surface area (Å²) in [7, 11) is 0. The number of benzene rings is 2. The predicted octanol–water partition coefficient (Wildman–Crippen LogP) is 3.89. The van der Waals surface area contributed by atoms with E-state index < -0.39 is 6.04 Å². The number of amides is 2. The van der Waals surface area contributed by atoms with E-state index in [0.717, 1.165) is 17.5 Å². The van der Waals surface area contributed by atoms with Gasteiger partial charge in [-0.2, -0.15) is 0 Å². The van der Waals surface area contributed by atoms with Gasteiger partial charge in [-0.25, -0.2) is 14.4 Å². The van der Waals surface area contributed by atoms with E-state index in [0.29, 0.717) is 68.9 Å². The second-order valence-corrected chi connectivity index (χ2v) is 9.87. The number of nitrogens with zero attached hydrogens (tertiary/aromatic N) is 4. The highest BCUT2D eigenvalue weighted by atomic mass is 19.1. The molecule has 2 fully saturated rings. The third-order valence-electron chi connectivity index (χ3n) is 7.11. The smallest absolute Gasteiger partial charge is 0.251 e. The van der Waals surface area contributed by atoms with Gasteiger partial charge in [0.15, 0.2) is 5.82 Å². The monoisotopic (exact) mass is 529 g/mol. The van der Waals surface area contributed by atoms with E-state index in [2.05, 4.69) is 20.3 Å². The van der Waals surface area contributed by atoms with Gasteiger partial charge < -0.3 is 15.0 Å². The van der Waals surface area contributed by atoms with Crippen molar-refractivity contribution >= 4 is 18.0 Å². The van der Waals surface area contributed by atoms with Crippen LogP contribution in [0.1, 0.15) is 41.1 Å². The molecule has 0 bridgehead atoms. The fourth-order valence-corrected chi connectivity index (χ4v) is 4.79. The highest BCUT2D eigenvalue weighted by Gasteiger charge is 2.36. The summed E-state index contributed by atoms with van der Waals surface area (Å²) < 4.78 is 18.5. The number of aliphatic imine (C=N–C) groups is 1. The number of ether oxygens (including phenoxy) is 1. The molecule has 202 valence electrons. The molecule has 5 rings (SSSR count). The minimum absolute atomic E-state index is 0.0940. The molecule has 1 aromatic heterocycles. The Kier molecular flexibility index (Phi) is 8.68. The van der Waals surface area contributed by atoms with Crippen LogP contribution in [0.5, 0.6) is 0 Å². The van der Waals surface area contributed by atoms with Crippen molar-refractivity contribution in [3.63, 3.8) is 0 Å². The Morgan fingerprint density at radius 3 is 2.51 bits per heavy atom. The van der Waals surface area contributed by atoms with E-state index in [1.165, 1.54) is 12.1 Å². The number of halogens is 1. The van der Waals surface area contributed by atoms with E-state index in [9.17, 15) is 14.0 Å². The quantitative estimate of drug-likeness (QED) is 0.318. The first-order chi connectivity index (χ1) is 19.1. The Balaban J connectivity index is 1.16. The molecule has 0 spiro atoms. The number of carbonyl (C=O) groups excluding carboxylic acids is 2. The van der Waals surface area contributed by atoms with E-state index in [1.54, 1.807) is 47.6 Å². The van der Waals surface area contributed by atoms with Gasteiger partial charge in [-0.1, -0.05) is 24.3 Å². The molecular weight excluding hydrogens is 497 g/mol. The number of hydrogen-bond donors (Lipinski definition) is 1. The van der Waals surface area contributed by atoms with Gasteiger partial charge in [0.1, 0.15) is 11.9 Å². The molecule has 3 atom stereocenters. The Labute approximate surface area is 227 Å². The van der Waals surface area contributed by atoms with Gasteiger partial charge in [-0.15, -0.1) is 0 Å². The minimum atomic E-state index is -0.643. The summed E-state index contributed by atoms with van der Waals surface area (Å²) in [6, 6.07) is 14.8. The zero-order chi connectivity index (χ0) is 27.0. The van der Waals surface area contributed by atoms with Crippen LogP contribution in [0.15, 0.2) is 72.0 Å². The predicted molar refractivity (Wildman–Crippen MR) is 146 cm³/mol. The average Bonchev–Trinajstić information content (AvgIpc) is 3.77. The van der Waals surface area contributed by atoms with Crippen molar-refractivity contribution in [3.8, 4) is 11.4 Å². The zero-order valence-corrected chi connectivity index (χ0v) is 21.7. The van der Waals surface area contributed by atoms with Gasteiger partial charge in [0.05, 0.1) is 13.2 Å². The number of nitrogens with one attached hydrogen (secondary N) is 1. The second-order valence-electron chi connectivity index (χ2n) is 9.87. The summed E-state index contributed by atoms with van der Waals surface area (Å²) in [6.45, 7) is 2.59. The maximum Gasteiger partial charge on any atom is 0.251 e. The largest absolute Gasteiger partial charge is 0.378 e. The van der Waals surface area contributed by atoms with Crippen molar-refractivity contribution < 1.29 is 18.7 Å². The highest BCUT2D eigenvalue weighted by molar-refractivity contribution is 5.97. The first kappa shape index (κ1) is 26.6. The Hall–Kier alpha value is -3.98. The maximum absolute atomic E-state index is 13.3. The molecule has 1 saturated heterocycles. The molecule has 2 aromatic carbocycles. The van der Waals surface area contributed by atoms with Crippen LogP contribution in [0, 0.1) is 11.7 Å². The SMILES string of the molecule is O=C(N[C@@H](CCCN=CC1C[C@H]1c1ccc(F)cc1)C(=O)N1CCOCC1)c1ccc(-c2ncccn2)cc1. The first-order valence-electron chi connectivity index (χ1n) is 13.4. The highest BCUT2D eigenvalue weighted by Crippen LogP contribution is 2.46. The number of carbonyl (C=O) groups is 2. The van der Waals surface area contributed by atoms with Gasteiger partial charge in [-0.05, 0) is 61.1 Å². The third-order valence-corrected chi connectivity index (χ3v) is 7.11. The third kappa shape index (κ3) is 7.11. The lowest BCUT2D eigenvalue weighted by atomic mass is 10.1. The summed E-state index contributed by atoms with van der Waals surface area (Å²) in [5.74, 6) is 0.723. The van der Waals surface area contributed by atoms with Crippen LogP contribution < -0.4 is 5.32 Å². The van der Waals surface area contributed by atoms with Crippen LogP contribution in [0.3, 0.4) is 0 Å². The van der Waals surface area contributed by atoms with Gasteiger partial charge in [0.2, 0.25) is 5.91 Å². The van der Waals surface area contributed by atoms with Gasteiger partial charge >= 0.3 is 0 Å². The molecule has 39 heavy (non-hydrogen) atoms. The van der Waals surface area contributed by atoms with Crippen LogP contribution in [-0.2, 0) is 9.53 Å². The van der Waals surface area contributed by atoms with Crippen molar-refractivity contribution in [3.05, 3.63) is 83.9 Å². The Bertz CT molecular complexity index is 1280. The molecule has 9 heteroatoms. The second kappa shape index (κ2) is 12.7. The summed E-state index contributed by atoms with van der Waals surface area (Å²) in [4.78, 5) is 41.2. The normalized spacial score (nSPS) is 19.6. The van der Waals surface area contributed by atoms with Crippen molar-refractivity contribution in [2.75, 3.05) is 32.8 Å². The molecule has 0 radical (unpaired) electrons. The lowest BCUT2D eigenvalue weighted by Gasteiger charge is -2.30. The Morgan fingerprint density at radius 1 is 1.08 bits per heavy atom. The van der Waals surface area contributed by atoms with Crippen LogP contribution in [0.2, 0.25) is 0 Å². The van der Waals surface area contributed by atoms with Crippen LogP contribution in [-0.4, -0.2) is 71.8 Å². The van der Waals surface area contributed by atoms with Crippen LogP contribution in [0.4, 0.5) is 4.39 Å². The molecular formula is C30H32FN5O3. The standard InChI is InChI=1S/C30H32FN5O3/c31-25-10-8-21(9-11-25)26-19-24(26)20-32-12-1-3-27(30(38)36-15-17-39-18-16-36)35-29(37)23-6-4-22(5-7-23)28-33-13-2-14-34-28/h2,4-11,13-14,20,24,26-27H,1,3,12,15-19H2,(H,35,37)/t24?,26-,27-/m0/s1. The average molecular weight is 530 g/mol. The lowest BCUT2D eigenvalue weighted by Crippen LogP contribution is -2.51. The van der Waals surface area contributed by atoms with E-state index >= 15 is 0 Å². The van der Waals surface area contributed by atoms with Gasteiger partial charge in [-0.3, -0.25) is 14.6 Å². The van der Waals surface area contributed by atoms with Crippen LogP contribution in [0.25, 0.3) is 11.4 Å². The van der Waals surface area contributed by atoms with Gasteiger partial charge in [0.25, 0.3) is 5.91 Å². The molecule has 2 heterocycles. The van der Waals surface area contributed by atoms with Crippen LogP contribution >= 0.6 is 0 Å². The molecule has 1 unspecified atom stereocenters. The molecule has 1 aliphatic heterocycles. The van der Waals surface area contributed by atoms with E-state index in [-0.39, 0.29) is 17.6 Å². The summed E-state index contributed by atoms with van der Waals surface area (Å²) in [5.41, 5.74) is 2.41.